The van der Waals surface area contributed by atoms with Gasteiger partial charge in [0.1, 0.15) is 6.10 Å². The molecule has 0 bridgehead atoms. The van der Waals surface area contributed by atoms with Crippen LogP contribution < -0.4 is 0 Å². The van der Waals surface area contributed by atoms with Crippen molar-refractivity contribution >= 4 is 11.7 Å². The van der Waals surface area contributed by atoms with E-state index in [0.29, 0.717) is 5.71 Å². The predicted octanol–water partition coefficient (Wildman–Crippen LogP) is 1.88. The maximum atomic E-state index is 11.4. The molecule has 0 saturated heterocycles. The molecule has 1 aliphatic carbocycles. The van der Waals surface area contributed by atoms with E-state index in [4.69, 9.17) is 9.57 Å². The largest absolute Gasteiger partial charge is 0.464 e. The van der Waals surface area contributed by atoms with Crippen LogP contribution in [0.4, 0.5) is 0 Å². The van der Waals surface area contributed by atoms with Crippen molar-refractivity contribution in [3.05, 3.63) is 0 Å². The number of rotatable bonds is 1. The van der Waals surface area contributed by atoms with E-state index in [1.807, 2.05) is 0 Å². The van der Waals surface area contributed by atoms with Crippen LogP contribution in [0.15, 0.2) is 5.16 Å². The molecule has 0 aromatic carbocycles. The highest BCUT2D eigenvalue weighted by Gasteiger charge is 2.38. The molecule has 4 heteroatoms. The van der Waals surface area contributed by atoms with Gasteiger partial charge in [-0.05, 0) is 19.3 Å². The molecular weight excluding hydrogens is 194 g/mol. The van der Waals surface area contributed by atoms with Gasteiger partial charge in [-0.2, -0.15) is 0 Å². The molecule has 1 fully saturated rings. The number of hydrogen-bond acceptors (Lipinski definition) is 4. The van der Waals surface area contributed by atoms with E-state index in [0.717, 1.165) is 19.3 Å². The van der Waals surface area contributed by atoms with Crippen LogP contribution in [0, 0.1) is 5.92 Å². The number of methoxy groups -OCH3 is 1. The van der Waals surface area contributed by atoms with Crippen LogP contribution in [0.3, 0.4) is 0 Å². The molecule has 1 heterocycles. The summed E-state index contributed by atoms with van der Waals surface area (Å²) in [5, 5.41) is 3.88. The Labute approximate surface area is 89.6 Å². The molecule has 0 spiro atoms. The zero-order valence-corrected chi connectivity index (χ0v) is 9.07. The minimum atomic E-state index is -0.330. The van der Waals surface area contributed by atoms with Gasteiger partial charge in [0.15, 0.2) is 5.71 Å². The molecule has 0 aromatic heterocycles. The van der Waals surface area contributed by atoms with Crippen LogP contribution in [0.5, 0.6) is 0 Å². The third-order valence-corrected chi connectivity index (χ3v) is 3.23. The van der Waals surface area contributed by atoms with Gasteiger partial charge in [0, 0.05) is 0 Å². The van der Waals surface area contributed by atoms with Crippen molar-refractivity contribution < 1.29 is 14.4 Å². The van der Waals surface area contributed by atoms with Gasteiger partial charge in [0.05, 0.1) is 13.0 Å². The molecule has 2 rings (SSSR count). The zero-order chi connectivity index (χ0) is 10.7. The van der Waals surface area contributed by atoms with Gasteiger partial charge in [0.25, 0.3) is 0 Å². The lowest BCUT2D eigenvalue weighted by Crippen LogP contribution is -2.30. The first kappa shape index (κ1) is 10.5. The summed E-state index contributed by atoms with van der Waals surface area (Å²) in [4.78, 5) is 16.7. The van der Waals surface area contributed by atoms with Crippen LogP contribution >= 0.6 is 0 Å². The molecule has 2 aliphatic rings. The Hall–Kier alpha value is -1.06. The fourth-order valence-electron chi connectivity index (χ4n) is 2.37. The second-order valence-electron chi connectivity index (χ2n) is 4.21. The maximum Gasteiger partial charge on any atom is 0.356 e. The lowest BCUT2D eigenvalue weighted by atomic mass is 9.86. The van der Waals surface area contributed by atoms with Crippen LogP contribution in [0.25, 0.3) is 0 Å². The van der Waals surface area contributed by atoms with E-state index in [1.54, 1.807) is 0 Å². The number of fused-ring (bicyclic) bond motifs is 1. The molecule has 0 amide bonds. The smallest absolute Gasteiger partial charge is 0.356 e. The number of oxime groups is 1. The summed E-state index contributed by atoms with van der Waals surface area (Å²) in [6.07, 6.45) is 6.95. The van der Waals surface area contributed by atoms with Gasteiger partial charge >= 0.3 is 5.97 Å². The Balaban J connectivity index is 2.05. The van der Waals surface area contributed by atoms with E-state index in [1.165, 1.54) is 26.4 Å². The molecule has 0 radical (unpaired) electrons. The standard InChI is InChI=1S/C11H17NO3/c1-14-11(13)10-8-6-4-2-3-5-7-9(8)15-12-10/h8-9H,2-7H2,1H3/t8-,9+/m1/s1. The molecule has 84 valence electrons. The number of hydrogen-bond donors (Lipinski definition) is 0. The van der Waals surface area contributed by atoms with E-state index in [-0.39, 0.29) is 18.0 Å². The van der Waals surface area contributed by atoms with Crippen molar-refractivity contribution in [1.82, 2.24) is 0 Å². The van der Waals surface area contributed by atoms with Gasteiger partial charge in [-0.15, -0.1) is 0 Å². The van der Waals surface area contributed by atoms with Crippen molar-refractivity contribution in [2.24, 2.45) is 11.1 Å². The normalized spacial score (nSPS) is 30.6. The summed E-state index contributed by atoms with van der Waals surface area (Å²) in [5.41, 5.74) is 0.490. The molecular formula is C11H17NO3. The van der Waals surface area contributed by atoms with E-state index >= 15 is 0 Å². The zero-order valence-electron chi connectivity index (χ0n) is 9.07. The van der Waals surface area contributed by atoms with Crippen LogP contribution in [-0.4, -0.2) is 24.9 Å². The molecule has 4 nitrogen and oxygen atoms in total. The second kappa shape index (κ2) is 4.64. The average Bonchev–Trinajstić information content (AvgIpc) is 2.59. The van der Waals surface area contributed by atoms with Crippen molar-refractivity contribution in [2.75, 3.05) is 7.11 Å². The summed E-state index contributed by atoms with van der Waals surface area (Å²) in [6.45, 7) is 0. The summed E-state index contributed by atoms with van der Waals surface area (Å²) < 4.78 is 4.71. The molecule has 0 N–H and O–H groups in total. The maximum absolute atomic E-state index is 11.4. The highest BCUT2D eigenvalue weighted by Crippen LogP contribution is 2.30. The number of carbonyl (C=O) groups excluding carboxylic acids is 1. The SMILES string of the molecule is COC(=O)C1=NO[C@H]2CCCCCC[C@@H]12. The molecule has 15 heavy (non-hydrogen) atoms. The first-order valence-corrected chi connectivity index (χ1v) is 5.65. The topological polar surface area (TPSA) is 47.9 Å². The average molecular weight is 211 g/mol. The Kier molecular flexibility index (Phi) is 3.23. The van der Waals surface area contributed by atoms with Crippen LogP contribution in [0.1, 0.15) is 38.5 Å². The summed E-state index contributed by atoms with van der Waals surface area (Å²) in [6, 6.07) is 0. The quantitative estimate of drug-likeness (QED) is 0.622. The summed E-state index contributed by atoms with van der Waals surface area (Å²) >= 11 is 0. The Morgan fingerprint density at radius 3 is 2.80 bits per heavy atom. The summed E-state index contributed by atoms with van der Waals surface area (Å²) in [5.74, 6) is -0.166. The number of esters is 1. The number of ether oxygens (including phenoxy) is 1. The Morgan fingerprint density at radius 2 is 2.07 bits per heavy atom. The van der Waals surface area contributed by atoms with Crippen molar-refractivity contribution in [1.29, 1.82) is 0 Å². The predicted molar refractivity (Wildman–Crippen MR) is 55.5 cm³/mol. The third kappa shape index (κ3) is 2.13. The van der Waals surface area contributed by atoms with Gasteiger partial charge in [-0.3, -0.25) is 0 Å². The molecule has 0 aromatic rings. The van der Waals surface area contributed by atoms with Crippen molar-refractivity contribution in [2.45, 2.75) is 44.6 Å². The Bertz CT molecular complexity index is 275. The lowest BCUT2D eigenvalue weighted by Gasteiger charge is -2.20. The Morgan fingerprint density at radius 1 is 1.33 bits per heavy atom. The molecule has 0 unspecified atom stereocenters. The van der Waals surface area contributed by atoms with E-state index in [2.05, 4.69) is 5.16 Å². The summed E-state index contributed by atoms with van der Waals surface area (Å²) in [7, 11) is 1.39. The first-order chi connectivity index (χ1) is 7.33. The minimum Gasteiger partial charge on any atom is -0.464 e. The van der Waals surface area contributed by atoms with Gasteiger partial charge in [-0.1, -0.05) is 24.4 Å². The third-order valence-electron chi connectivity index (χ3n) is 3.23. The van der Waals surface area contributed by atoms with Crippen molar-refractivity contribution in [3.8, 4) is 0 Å². The number of carbonyl (C=O) groups is 1. The monoisotopic (exact) mass is 211 g/mol. The fraction of sp³-hybridized carbons (Fsp3) is 0.818. The first-order valence-electron chi connectivity index (χ1n) is 5.65. The van der Waals surface area contributed by atoms with Crippen LogP contribution in [0.2, 0.25) is 0 Å². The van der Waals surface area contributed by atoms with E-state index in [9.17, 15) is 4.79 Å². The van der Waals surface area contributed by atoms with Gasteiger partial charge in [0.2, 0.25) is 0 Å². The van der Waals surface area contributed by atoms with Gasteiger partial charge < -0.3 is 9.57 Å². The highest BCUT2D eigenvalue weighted by atomic mass is 16.6. The molecule has 2 atom stereocenters. The molecule has 1 saturated carbocycles. The van der Waals surface area contributed by atoms with Gasteiger partial charge in [-0.25, -0.2) is 4.79 Å². The second-order valence-corrected chi connectivity index (χ2v) is 4.21. The minimum absolute atomic E-state index is 0.111. The highest BCUT2D eigenvalue weighted by molar-refractivity contribution is 6.37. The van der Waals surface area contributed by atoms with E-state index < -0.39 is 0 Å². The lowest BCUT2D eigenvalue weighted by molar-refractivity contribution is -0.133. The van der Waals surface area contributed by atoms with Crippen LogP contribution in [-0.2, 0) is 14.4 Å². The van der Waals surface area contributed by atoms with Crippen molar-refractivity contribution in [3.63, 3.8) is 0 Å². The fourth-order valence-corrected chi connectivity index (χ4v) is 2.37. The number of nitrogens with zero attached hydrogens (tertiary/aromatic N) is 1. The molecule has 1 aliphatic heterocycles.